The minimum Gasteiger partial charge on any atom is -0.497 e. The minimum absolute atomic E-state index is 0.0365. The number of furan rings is 1. The number of nitrogens with zero attached hydrogens (tertiary/aromatic N) is 12. The van der Waals surface area contributed by atoms with Crippen molar-refractivity contribution in [3.63, 3.8) is 0 Å². The van der Waals surface area contributed by atoms with Crippen LogP contribution in [-0.4, -0.2) is 73.6 Å². The van der Waals surface area contributed by atoms with Gasteiger partial charge in [0.25, 0.3) is 35.3 Å². The molecule has 11 rings (SSSR count). The van der Waals surface area contributed by atoms with Gasteiger partial charge < -0.3 is 38.4 Å². The SMILES string of the molecule is COc1ccc(C(C)Nc2ncc(-c3nnc(C(F)F)o3)cn2)cc1.FC(F)c1nnc(-c2cnc(NC3(c4ccco4)CCCC3)nc2)o1.Fc1ccc(C2CC2Nc2ncc(-c3nnc(C(F)F)o3)cn2)cc1. The third-order valence-corrected chi connectivity index (χ3v) is 11.7. The first-order chi connectivity index (χ1) is 36.3. The van der Waals surface area contributed by atoms with Gasteiger partial charge in [-0.3, -0.25) is 0 Å². The minimum atomic E-state index is -2.82. The molecule has 2 saturated carbocycles. The van der Waals surface area contributed by atoms with Crippen LogP contribution in [-0.2, 0) is 5.54 Å². The van der Waals surface area contributed by atoms with Gasteiger partial charge in [-0.1, -0.05) is 37.1 Å². The van der Waals surface area contributed by atoms with Gasteiger partial charge in [0, 0.05) is 49.1 Å². The largest absolute Gasteiger partial charge is 0.497 e. The number of alkyl halides is 6. The lowest BCUT2D eigenvalue weighted by Gasteiger charge is -2.28. The molecule has 7 heterocycles. The average Bonchev–Trinajstić information content (AvgIpc) is 4.19. The summed E-state index contributed by atoms with van der Waals surface area (Å²) in [5.41, 5.74) is 2.87. The Kier molecular flexibility index (Phi) is 15.6. The Morgan fingerprint density at radius 1 is 0.600 bits per heavy atom. The van der Waals surface area contributed by atoms with Gasteiger partial charge in [-0.2, -0.15) is 26.3 Å². The van der Waals surface area contributed by atoms with E-state index >= 15 is 0 Å². The summed E-state index contributed by atoms with van der Waals surface area (Å²) in [6.07, 6.45) is 6.77. The van der Waals surface area contributed by atoms with Gasteiger partial charge in [-0.05, 0) is 73.7 Å². The van der Waals surface area contributed by atoms with Crippen molar-refractivity contribution in [2.24, 2.45) is 0 Å². The molecule has 27 heteroatoms. The lowest BCUT2D eigenvalue weighted by molar-refractivity contribution is 0.115. The molecule has 3 N–H and O–H groups in total. The van der Waals surface area contributed by atoms with E-state index in [-0.39, 0.29) is 47.0 Å². The number of ether oxygens (including phenoxy) is 1. The van der Waals surface area contributed by atoms with Crippen molar-refractivity contribution in [2.75, 3.05) is 23.1 Å². The molecule has 9 aromatic rings. The molecular weight excluding hydrogens is 1000 g/mol. The molecule has 2 aromatic carbocycles. The molecule has 0 aliphatic heterocycles. The highest BCUT2D eigenvalue weighted by Gasteiger charge is 2.40. The number of anilines is 3. The number of hydrogen-bond acceptors (Lipinski definition) is 20. The Balaban J connectivity index is 0.000000138. The summed E-state index contributed by atoms with van der Waals surface area (Å²) in [5.74, 6) is 0.546. The Morgan fingerprint density at radius 3 is 1.52 bits per heavy atom. The van der Waals surface area contributed by atoms with Crippen molar-refractivity contribution in [2.45, 2.75) is 81.8 Å². The first-order valence-corrected chi connectivity index (χ1v) is 22.9. The Labute approximate surface area is 420 Å². The van der Waals surface area contributed by atoms with Crippen LogP contribution in [0, 0.1) is 5.82 Å². The number of benzene rings is 2. The topological polar surface area (TPSA) is 253 Å². The van der Waals surface area contributed by atoms with Crippen LogP contribution in [0.1, 0.15) is 105 Å². The highest BCUT2D eigenvalue weighted by molar-refractivity contribution is 5.53. The smallest absolute Gasteiger partial charge is 0.314 e. The van der Waals surface area contributed by atoms with Crippen LogP contribution >= 0.6 is 0 Å². The number of aromatic nitrogens is 12. The van der Waals surface area contributed by atoms with Gasteiger partial charge in [-0.25, -0.2) is 34.3 Å². The summed E-state index contributed by atoms with van der Waals surface area (Å²) in [5, 5.41) is 30.2. The Bertz CT molecular complexity index is 3200. The molecule has 2 aliphatic carbocycles. The van der Waals surface area contributed by atoms with Gasteiger partial charge in [0.15, 0.2) is 0 Å². The molecule has 3 atom stereocenters. The highest BCUT2D eigenvalue weighted by atomic mass is 19.3. The summed E-state index contributed by atoms with van der Waals surface area (Å²) in [4.78, 5) is 25.1. The molecule has 388 valence electrons. The number of rotatable bonds is 16. The second-order valence-electron chi connectivity index (χ2n) is 16.8. The second-order valence-corrected chi connectivity index (χ2v) is 16.8. The maximum Gasteiger partial charge on any atom is 0.314 e. The van der Waals surface area contributed by atoms with Crippen molar-refractivity contribution >= 4 is 17.8 Å². The predicted molar refractivity (Wildman–Crippen MR) is 250 cm³/mol. The van der Waals surface area contributed by atoms with E-state index in [1.807, 2.05) is 43.3 Å². The molecule has 2 aliphatic rings. The maximum atomic E-state index is 12.9. The van der Waals surface area contributed by atoms with Crippen molar-refractivity contribution in [3.8, 4) is 40.1 Å². The third-order valence-electron chi connectivity index (χ3n) is 11.7. The number of halogens is 7. The summed E-state index contributed by atoms with van der Waals surface area (Å²) in [6, 6.07) is 18.0. The first kappa shape index (κ1) is 51.0. The molecular formula is C48H42F7N15O5. The molecule has 7 aromatic heterocycles. The molecule has 0 bridgehead atoms. The molecule has 75 heavy (non-hydrogen) atoms. The maximum absolute atomic E-state index is 12.9. The van der Waals surface area contributed by atoms with E-state index in [0.717, 1.165) is 54.7 Å². The van der Waals surface area contributed by atoms with E-state index in [1.165, 1.54) is 49.3 Å². The van der Waals surface area contributed by atoms with Crippen LogP contribution in [0.15, 0.2) is 122 Å². The lowest BCUT2D eigenvalue weighted by atomic mass is 9.94. The standard InChI is InChI=1S/C16H12F3N5O.2C16H15F2N5O2/c17-10-3-1-8(2-4-10)11-5-12(11)22-16-20-6-9(7-21-16)14-23-24-15(25-14)13(18)19;17-12(18)14-23-22-13(25-14)10-8-19-15(20-9-10)21-16(5-1-2-6-16)11-4-3-7-24-11;1-9(10-3-5-12(24-2)6-4-10)21-16-19-7-11(8-20-16)14-22-23-15(25-14)13(17)18/h1-4,6-7,11-13H,5H2,(H,20,21,22);3-4,7-9,12H,1-2,5-6H2,(H,19,20,21);3-9,13H,1-2H3,(H,19,20,21). The van der Waals surface area contributed by atoms with Gasteiger partial charge in [0.2, 0.25) is 17.8 Å². The second kappa shape index (κ2) is 22.9. The zero-order valence-corrected chi connectivity index (χ0v) is 39.4. The molecule has 0 saturated heterocycles. The van der Waals surface area contributed by atoms with Gasteiger partial charge >= 0.3 is 19.3 Å². The van der Waals surface area contributed by atoms with Crippen LogP contribution in [0.4, 0.5) is 48.6 Å². The molecule has 0 spiro atoms. The highest BCUT2D eigenvalue weighted by Crippen LogP contribution is 2.43. The van der Waals surface area contributed by atoms with Crippen molar-refractivity contribution in [3.05, 3.63) is 144 Å². The van der Waals surface area contributed by atoms with E-state index in [0.29, 0.717) is 34.5 Å². The quantitative estimate of drug-likeness (QED) is 0.0760. The fraction of sp³-hybridized carbons (Fsp3) is 0.292. The number of hydrogen-bond donors (Lipinski definition) is 3. The van der Waals surface area contributed by atoms with E-state index in [1.54, 1.807) is 25.5 Å². The van der Waals surface area contributed by atoms with Gasteiger partial charge in [0.05, 0.1) is 41.6 Å². The van der Waals surface area contributed by atoms with Crippen LogP contribution in [0.25, 0.3) is 34.4 Å². The van der Waals surface area contributed by atoms with Crippen molar-refractivity contribution in [1.29, 1.82) is 0 Å². The monoisotopic (exact) mass is 1040 g/mol. The van der Waals surface area contributed by atoms with Gasteiger partial charge in [0.1, 0.15) is 17.3 Å². The molecule has 20 nitrogen and oxygen atoms in total. The van der Waals surface area contributed by atoms with Crippen LogP contribution < -0.4 is 20.7 Å². The normalized spacial score (nSPS) is 15.9. The van der Waals surface area contributed by atoms with Crippen LogP contribution in [0.3, 0.4) is 0 Å². The zero-order valence-electron chi connectivity index (χ0n) is 39.4. The van der Waals surface area contributed by atoms with Crippen molar-refractivity contribution in [1.82, 2.24) is 60.5 Å². The lowest BCUT2D eigenvalue weighted by Crippen LogP contribution is -2.32. The first-order valence-electron chi connectivity index (χ1n) is 22.9. The fourth-order valence-electron chi connectivity index (χ4n) is 7.79. The van der Waals surface area contributed by atoms with Gasteiger partial charge in [-0.15, -0.1) is 30.6 Å². The van der Waals surface area contributed by atoms with Crippen molar-refractivity contribution < 1.29 is 53.1 Å². The summed E-state index contributed by atoms with van der Waals surface area (Å²) >= 11 is 0. The fourth-order valence-corrected chi connectivity index (χ4v) is 7.79. The van der Waals surface area contributed by atoms with Crippen LogP contribution in [0.5, 0.6) is 5.75 Å². The summed E-state index contributed by atoms with van der Waals surface area (Å²) < 4.78 is 113. The molecule has 2 fully saturated rings. The van der Waals surface area contributed by atoms with E-state index in [4.69, 9.17) is 22.4 Å². The molecule has 0 amide bonds. The van der Waals surface area contributed by atoms with E-state index < -0.39 is 36.9 Å². The third kappa shape index (κ3) is 12.7. The zero-order chi connectivity index (χ0) is 52.5. The van der Waals surface area contributed by atoms with E-state index in [9.17, 15) is 30.7 Å². The molecule has 0 radical (unpaired) electrons. The molecule has 3 unspecified atom stereocenters. The van der Waals surface area contributed by atoms with Crippen LogP contribution in [0.2, 0.25) is 0 Å². The Hall–Kier alpha value is -8.91. The Morgan fingerprint density at radius 2 is 1.08 bits per heavy atom. The summed E-state index contributed by atoms with van der Waals surface area (Å²) in [7, 11) is 1.61. The average molecular weight is 1040 g/mol. The number of methoxy groups -OCH3 is 1. The van der Waals surface area contributed by atoms with E-state index in [2.05, 4.69) is 76.4 Å². The number of nitrogens with one attached hydrogen (secondary N) is 3. The summed E-state index contributed by atoms with van der Waals surface area (Å²) in [6.45, 7) is 1.96. The predicted octanol–water partition coefficient (Wildman–Crippen LogP) is 11.2.